The topological polar surface area (TPSA) is 79.8 Å². The lowest BCUT2D eigenvalue weighted by Gasteiger charge is -2.06. The highest BCUT2D eigenvalue weighted by Gasteiger charge is 2.01. The maximum absolute atomic E-state index is 10.9. The van der Waals surface area contributed by atoms with Crippen LogP contribution in [0.15, 0.2) is 36.7 Å². The summed E-state index contributed by atoms with van der Waals surface area (Å²) < 4.78 is 0. The van der Waals surface area contributed by atoms with Crippen LogP contribution in [0.1, 0.15) is 18.9 Å². The Kier molecular flexibility index (Phi) is 5.00. The van der Waals surface area contributed by atoms with Crippen LogP contribution in [0.5, 0.6) is 0 Å². The number of nitrogens with zero attached hydrogens (tertiary/aromatic N) is 3. The molecule has 0 aliphatic carbocycles. The summed E-state index contributed by atoms with van der Waals surface area (Å²) in [5, 5.41) is 5.64. The van der Waals surface area contributed by atoms with Gasteiger partial charge in [-0.2, -0.15) is 4.98 Å². The second kappa shape index (κ2) is 7.18. The molecule has 0 aliphatic heterocycles. The van der Waals surface area contributed by atoms with Gasteiger partial charge in [-0.15, -0.1) is 0 Å². The quantitative estimate of drug-likeness (QED) is 0.784. The van der Waals surface area contributed by atoms with Crippen molar-refractivity contribution in [2.24, 2.45) is 0 Å². The first-order valence-corrected chi connectivity index (χ1v) is 6.48. The molecule has 20 heavy (non-hydrogen) atoms. The number of aryl methyl sites for hydroxylation is 1. The number of carbonyl (C=O) groups is 1. The molecule has 1 aromatic carbocycles. The van der Waals surface area contributed by atoms with Gasteiger partial charge in [0.2, 0.25) is 17.8 Å². The molecule has 104 valence electrons. The van der Waals surface area contributed by atoms with Crippen LogP contribution in [-0.4, -0.2) is 27.4 Å². The Morgan fingerprint density at radius 2 is 1.90 bits per heavy atom. The molecule has 0 spiro atoms. The molecule has 2 rings (SSSR count). The normalized spacial score (nSPS) is 10.1. The van der Waals surface area contributed by atoms with Crippen molar-refractivity contribution in [2.45, 2.75) is 19.8 Å². The molecule has 1 amide bonds. The molecule has 0 bridgehead atoms. The van der Waals surface area contributed by atoms with Crippen LogP contribution in [0.2, 0.25) is 0 Å². The fourth-order valence-electron chi connectivity index (χ4n) is 1.74. The molecule has 0 atom stereocenters. The lowest BCUT2D eigenvalue weighted by Crippen LogP contribution is -2.12. The second-order valence-corrected chi connectivity index (χ2v) is 4.33. The van der Waals surface area contributed by atoms with Gasteiger partial charge in [0.15, 0.2) is 0 Å². The molecular formula is C14H17N5O. The maximum Gasteiger partial charge on any atom is 0.234 e. The van der Waals surface area contributed by atoms with Crippen molar-refractivity contribution in [1.29, 1.82) is 0 Å². The number of benzene rings is 1. The average Bonchev–Trinajstić information content (AvgIpc) is 2.44. The minimum absolute atomic E-state index is 0.203. The maximum atomic E-state index is 10.9. The van der Waals surface area contributed by atoms with Crippen molar-refractivity contribution in [3.63, 3.8) is 0 Å². The number of hydrogen-bond acceptors (Lipinski definition) is 5. The molecule has 1 aromatic heterocycles. The Hall–Kier alpha value is -2.50. The third kappa shape index (κ3) is 4.64. The van der Waals surface area contributed by atoms with E-state index in [9.17, 15) is 4.79 Å². The van der Waals surface area contributed by atoms with Gasteiger partial charge in [-0.25, -0.2) is 9.97 Å². The Bertz CT molecular complexity index is 559. The first-order chi connectivity index (χ1) is 9.74. The van der Waals surface area contributed by atoms with E-state index in [4.69, 9.17) is 0 Å². The number of anilines is 2. The highest BCUT2D eigenvalue weighted by Crippen LogP contribution is 2.04. The van der Waals surface area contributed by atoms with Gasteiger partial charge < -0.3 is 5.32 Å². The molecule has 0 saturated heterocycles. The van der Waals surface area contributed by atoms with E-state index >= 15 is 0 Å². The van der Waals surface area contributed by atoms with E-state index in [0.29, 0.717) is 5.95 Å². The average molecular weight is 271 g/mol. The number of aromatic nitrogens is 3. The fraction of sp³-hybridized carbons (Fsp3) is 0.286. The summed E-state index contributed by atoms with van der Waals surface area (Å²) in [5.41, 5.74) is 1.31. The molecule has 2 N–H and O–H groups in total. The molecule has 0 unspecified atom stereocenters. The zero-order chi connectivity index (χ0) is 14.2. The SMILES string of the molecule is CC(=O)Nc1ncnc(NCCCc2ccccc2)n1. The Balaban J connectivity index is 1.78. The molecule has 0 saturated carbocycles. The van der Waals surface area contributed by atoms with Gasteiger partial charge in [-0.1, -0.05) is 30.3 Å². The van der Waals surface area contributed by atoms with Gasteiger partial charge in [0.05, 0.1) is 0 Å². The third-order valence-electron chi connectivity index (χ3n) is 2.63. The lowest BCUT2D eigenvalue weighted by molar-refractivity contribution is -0.114. The zero-order valence-electron chi connectivity index (χ0n) is 11.3. The monoisotopic (exact) mass is 271 g/mol. The van der Waals surface area contributed by atoms with E-state index in [0.717, 1.165) is 19.4 Å². The largest absolute Gasteiger partial charge is 0.354 e. The van der Waals surface area contributed by atoms with E-state index in [2.05, 4.69) is 37.7 Å². The highest BCUT2D eigenvalue weighted by molar-refractivity contribution is 5.86. The van der Waals surface area contributed by atoms with Crippen LogP contribution in [-0.2, 0) is 11.2 Å². The van der Waals surface area contributed by atoms with E-state index in [1.165, 1.54) is 18.8 Å². The standard InChI is InChI=1S/C14H17N5O/c1-11(20)18-14-17-10-16-13(19-14)15-9-5-8-12-6-3-2-4-7-12/h2-4,6-7,10H,5,8-9H2,1H3,(H2,15,16,17,18,19,20). The van der Waals surface area contributed by atoms with Crippen LogP contribution in [0.25, 0.3) is 0 Å². The van der Waals surface area contributed by atoms with Gasteiger partial charge in [0, 0.05) is 13.5 Å². The fourth-order valence-corrected chi connectivity index (χ4v) is 1.74. The molecule has 2 aromatic rings. The molecular weight excluding hydrogens is 254 g/mol. The van der Waals surface area contributed by atoms with Crippen LogP contribution >= 0.6 is 0 Å². The summed E-state index contributed by atoms with van der Waals surface area (Å²) in [6.07, 6.45) is 3.35. The van der Waals surface area contributed by atoms with Crippen molar-refractivity contribution in [2.75, 3.05) is 17.2 Å². The van der Waals surface area contributed by atoms with Crippen LogP contribution in [0.4, 0.5) is 11.9 Å². The van der Waals surface area contributed by atoms with E-state index in [1.807, 2.05) is 18.2 Å². The van der Waals surface area contributed by atoms with Crippen molar-refractivity contribution < 1.29 is 4.79 Å². The van der Waals surface area contributed by atoms with Crippen LogP contribution in [0.3, 0.4) is 0 Å². The minimum Gasteiger partial charge on any atom is -0.354 e. The smallest absolute Gasteiger partial charge is 0.234 e. The summed E-state index contributed by atoms with van der Waals surface area (Å²) in [6, 6.07) is 10.3. The minimum atomic E-state index is -0.203. The van der Waals surface area contributed by atoms with Gasteiger partial charge in [0.25, 0.3) is 0 Å². The van der Waals surface area contributed by atoms with E-state index in [1.54, 1.807) is 0 Å². The molecule has 1 heterocycles. The van der Waals surface area contributed by atoms with Gasteiger partial charge in [-0.3, -0.25) is 10.1 Å². The second-order valence-electron chi connectivity index (χ2n) is 4.33. The number of hydrogen-bond donors (Lipinski definition) is 2. The summed E-state index contributed by atoms with van der Waals surface area (Å²) in [5.74, 6) is 0.529. The predicted octanol–water partition coefficient (Wildman–Crippen LogP) is 1.87. The van der Waals surface area contributed by atoms with Crippen molar-refractivity contribution >= 4 is 17.8 Å². The van der Waals surface area contributed by atoms with Crippen LogP contribution in [0, 0.1) is 0 Å². The molecule has 0 aliphatic rings. The van der Waals surface area contributed by atoms with Crippen molar-refractivity contribution in [3.05, 3.63) is 42.2 Å². The molecule has 0 fully saturated rings. The van der Waals surface area contributed by atoms with Gasteiger partial charge >= 0.3 is 0 Å². The number of carbonyl (C=O) groups excluding carboxylic acids is 1. The van der Waals surface area contributed by atoms with E-state index in [-0.39, 0.29) is 11.9 Å². The third-order valence-corrected chi connectivity index (χ3v) is 2.63. The highest BCUT2D eigenvalue weighted by atomic mass is 16.1. The van der Waals surface area contributed by atoms with Crippen LogP contribution < -0.4 is 10.6 Å². The summed E-state index contributed by atoms with van der Waals surface area (Å²) in [7, 11) is 0. The Labute approximate surface area is 117 Å². The Morgan fingerprint density at radius 1 is 1.15 bits per heavy atom. The lowest BCUT2D eigenvalue weighted by atomic mass is 10.1. The van der Waals surface area contributed by atoms with Gasteiger partial charge in [0.1, 0.15) is 6.33 Å². The molecule has 0 radical (unpaired) electrons. The Morgan fingerprint density at radius 3 is 2.65 bits per heavy atom. The summed E-state index contributed by atoms with van der Waals surface area (Å²) in [6.45, 7) is 2.18. The number of amides is 1. The summed E-state index contributed by atoms with van der Waals surface area (Å²) >= 11 is 0. The van der Waals surface area contributed by atoms with Crippen molar-refractivity contribution in [1.82, 2.24) is 15.0 Å². The zero-order valence-corrected chi connectivity index (χ0v) is 11.3. The number of rotatable bonds is 6. The number of nitrogens with one attached hydrogen (secondary N) is 2. The molecule has 6 heteroatoms. The first kappa shape index (κ1) is 13.9. The van der Waals surface area contributed by atoms with E-state index < -0.39 is 0 Å². The first-order valence-electron chi connectivity index (χ1n) is 6.48. The predicted molar refractivity (Wildman–Crippen MR) is 77.4 cm³/mol. The van der Waals surface area contributed by atoms with Gasteiger partial charge in [-0.05, 0) is 18.4 Å². The molecule has 6 nitrogen and oxygen atoms in total. The summed E-state index contributed by atoms with van der Waals surface area (Å²) in [4.78, 5) is 22.9. The van der Waals surface area contributed by atoms with Crippen molar-refractivity contribution in [3.8, 4) is 0 Å².